The van der Waals surface area contributed by atoms with E-state index < -0.39 is 22.5 Å². The summed E-state index contributed by atoms with van der Waals surface area (Å²) in [7, 11) is 3.22. The molecule has 0 spiro atoms. The molecule has 1 aromatic heterocycles. The number of likely N-dealkylation sites (N-methyl/N-ethyl adjacent to an activating group) is 1. The molecule has 4 aromatic rings. The Hall–Kier alpha value is -4.60. The van der Waals surface area contributed by atoms with Crippen LogP contribution in [0.3, 0.4) is 0 Å². The smallest absolute Gasteiger partial charge is 0.341 e. The number of hydrogen-bond acceptors (Lipinski definition) is 8. The van der Waals surface area contributed by atoms with Gasteiger partial charge in [0, 0.05) is 30.2 Å². The van der Waals surface area contributed by atoms with E-state index in [1.54, 1.807) is 19.9 Å². The quantitative estimate of drug-likeness (QED) is 0.0881. The second-order valence-electron chi connectivity index (χ2n) is 11.8. The Labute approximate surface area is 276 Å². The molecule has 0 unspecified atom stereocenters. The van der Waals surface area contributed by atoms with Crippen LogP contribution in [-0.2, 0) is 9.47 Å². The van der Waals surface area contributed by atoms with Gasteiger partial charge in [-0.2, -0.15) is 0 Å². The zero-order valence-corrected chi connectivity index (χ0v) is 27.8. The fourth-order valence-electron chi connectivity index (χ4n) is 5.82. The number of non-ortho nitro benzene ring substituents is 1. The molecule has 0 fully saturated rings. The summed E-state index contributed by atoms with van der Waals surface area (Å²) in [4.78, 5) is 44.5. The van der Waals surface area contributed by atoms with E-state index in [-0.39, 0.29) is 40.7 Å². The average Bonchev–Trinajstić information content (AvgIpc) is 3.01. The van der Waals surface area contributed by atoms with Crippen LogP contribution in [0.4, 0.5) is 5.69 Å². The van der Waals surface area contributed by atoms with Gasteiger partial charge in [-0.25, -0.2) is 9.59 Å². The van der Waals surface area contributed by atoms with E-state index in [0.29, 0.717) is 23.5 Å². The first-order valence-corrected chi connectivity index (χ1v) is 14.8. The maximum absolute atomic E-state index is 13.9. The first kappa shape index (κ1) is 35.9. The number of ether oxygens (including phenoxy) is 2. The van der Waals surface area contributed by atoms with Crippen LogP contribution in [-0.4, -0.2) is 59.6 Å². The van der Waals surface area contributed by atoms with Crippen molar-refractivity contribution >= 4 is 30.0 Å². The second kappa shape index (κ2) is 15.6. The van der Waals surface area contributed by atoms with Crippen molar-refractivity contribution in [3.05, 3.63) is 129 Å². The molecule has 4 rings (SSSR count). The Morgan fingerprint density at radius 3 is 1.96 bits per heavy atom. The van der Waals surface area contributed by atoms with Crippen molar-refractivity contribution in [1.29, 1.82) is 0 Å². The highest BCUT2D eigenvalue weighted by Gasteiger charge is 2.32. The minimum absolute atomic E-state index is 0. The summed E-state index contributed by atoms with van der Waals surface area (Å²) in [6.07, 6.45) is 0.856. The molecule has 0 N–H and O–H groups in total. The van der Waals surface area contributed by atoms with Crippen LogP contribution in [0.1, 0.15) is 69.4 Å². The van der Waals surface area contributed by atoms with Crippen molar-refractivity contribution in [2.45, 2.75) is 45.6 Å². The molecule has 3 aromatic carbocycles. The maximum atomic E-state index is 13.9. The number of pyridine rings is 1. The molecule has 0 aliphatic rings. The highest BCUT2D eigenvalue weighted by molar-refractivity contribution is 6.07. The first-order chi connectivity index (χ1) is 21.4. The van der Waals surface area contributed by atoms with E-state index >= 15 is 0 Å². The van der Waals surface area contributed by atoms with Gasteiger partial charge in [-0.1, -0.05) is 72.8 Å². The number of methoxy groups -OCH3 is 1. The van der Waals surface area contributed by atoms with Crippen LogP contribution in [0.2, 0.25) is 0 Å². The summed E-state index contributed by atoms with van der Waals surface area (Å²) in [6.45, 7) is 8.12. The Morgan fingerprint density at radius 2 is 1.43 bits per heavy atom. The molecule has 46 heavy (non-hydrogen) atoms. The molecule has 0 bridgehead atoms. The molecule has 242 valence electrons. The SMILES string of the molecule is COC(=O)c1c(C)nc(C)c(C(=O)OC(C)(C)CN(C)CCC(c2ccccc2)c2ccccc2)c1-c1cccc([N+](=O)[O-])c1.Cl. The molecule has 0 aliphatic heterocycles. The maximum Gasteiger partial charge on any atom is 0.341 e. The third-order valence-corrected chi connectivity index (χ3v) is 7.72. The van der Waals surface area contributed by atoms with Gasteiger partial charge >= 0.3 is 11.9 Å². The standard InChI is InChI=1S/C36H39N3O6.ClH/c1-24-31(34(40)44-6)33(28-18-13-19-29(22-28)39(42)43)32(25(2)37-24)35(41)45-36(3,4)23-38(5)21-20-30(26-14-9-7-10-15-26)27-16-11-8-12-17-27;/h7-19,22,30H,20-21,23H2,1-6H3;1H. The Balaban J connectivity index is 0.00000576. The summed E-state index contributed by atoms with van der Waals surface area (Å²) >= 11 is 0. The van der Waals surface area contributed by atoms with Gasteiger partial charge in [-0.05, 0) is 64.4 Å². The summed E-state index contributed by atoms with van der Waals surface area (Å²) in [5.74, 6) is -1.19. The van der Waals surface area contributed by atoms with Crippen molar-refractivity contribution in [2.24, 2.45) is 0 Å². The van der Waals surface area contributed by atoms with Crippen molar-refractivity contribution in [3.63, 3.8) is 0 Å². The first-order valence-electron chi connectivity index (χ1n) is 14.8. The lowest BCUT2D eigenvalue weighted by Gasteiger charge is -2.32. The molecule has 0 aliphatic carbocycles. The molecule has 0 saturated heterocycles. The number of carbonyl (C=O) groups is 2. The van der Waals surface area contributed by atoms with E-state index in [2.05, 4.69) is 34.1 Å². The number of rotatable bonds is 12. The lowest BCUT2D eigenvalue weighted by atomic mass is 9.88. The average molecular weight is 646 g/mol. The third kappa shape index (κ3) is 8.56. The van der Waals surface area contributed by atoms with Crippen molar-refractivity contribution in [1.82, 2.24) is 9.88 Å². The van der Waals surface area contributed by atoms with Crippen LogP contribution in [0, 0.1) is 24.0 Å². The van der Waals surface area contributed by atoms with Crippen LogP contribution in [0.25, 0.3) is 11.1 Å². The minimum Gasteiger partial charge on any atom is -0.465 e. The van der Waals surface area contributed by atoms with E-state index in [9.17, 15) is 19.7 Å². The number of hydrogen-bond donors (Lipinski definition) is 0. The largest absolute Gasteiger partial charge is 0.465 e. The molecule has 0 amide bonds. The van der Waals surface area contributed by atoms with E-state index in [4.69, 9.17) is 9.47 Å². The van der Waals surface area contributed by atoms with Gasteiger partial charge in [0.1, 0.15) is 5.60 Å². The van der Waals surface area contributed by atoms with Crippen molar-refractivity contribution < 1.29 is 24.0 Å². The summed E-state index contributed by atoms with van der Waals surface area (Å²) in [5.41, 5.74) is 2.66. The lowest BCUT2D eigenvalue weighted by Crippen LogP contribution is -2.41. The van der Waals surface area contributed by atoms with Crippen LogP contribution >= 0.6 is 12.4 Å². The number of aromatic nitrogens is 1. The number of nitro groups is 1. The Kier molecular flexibility index (Phi) is 12.2. The van der Waals surface area contributed by atoms with Gasteiger partial charge < -0.3 is 14.4 Å². The van der Waals surface area contributed by atoms with Gasteiger partial charge in [0.15, 0.2) is 0 Å². The minimum atomic E-state index is -0.927. The summed E-state index contributed by atoms with van der Waals surface area (Å²) in [6, 6.07) is 26.6. The number of nitrogens with zero attached hydrogens (tertiary/aromatic N) is 3. The Morgan fingerprint density at radius 1 is 0.891 bits per heavy atom. The number of nitro benzene ring substituents is 1. The lowest BCUT2D eigenvalue weighted by molar-refractivity contribution is -0.384. The van der Waals surface area contributed by atoms with Crippen molar-refractivity contribution in [2.75, 3.05) is 27.2 Å². The van der Waals surface area contributed by atoms with Gasteiger partial charge in [-0.3, -0.25) is 15.1 Å². The summed E-state index contributed by atoms with van der Waals surface area (Å²) < 4.78 is 11.1. The monoisotopic (exact) mass is 645 g/mol. The number of esters is 2. The van der Waals surface area contributed by atoms with E-state index in [1.165, 1.54) is 36.4 Å². The number of benzene rings is 3. The van der Waals surface area contributed by atoms with Gasteiger partial charge in [0.05, 0.1) is 34.5 Å². The number of aryl methyl sites for hydroxylation is 2. The van der Waals surface area contributed by atoms with Crippen LogP contribution in [0.5, 0.6) is 0 Å². The van der Waals surface area contributed by atoms with E-state index in [1.807, 2.05) is 57.3 Å². The predicted molar refractivity (Wildman–Crippen MR) is 181 cm³/mol. The number of carbonyl (C=O) groups excluding carboxylic acids is 2. The zero-order chi connectivity index (χ0) is 32.7. The molecular formula is C36H40ClN3O6. The van der Waals surface area contributed by atoms with Crippen LogP contribution in [0.15, 0.2) is 84.9 Å². The topological polar surface area (TPSA) is 112 Å². The Bertz CT molecular complexity index is 1640. The normalized spacial score (nSPS) is 11.2. The highest BCUT2D eigenvalue weighted by atomic mass is 35.5. The van der Waals surface area contributed by atoms with Crippen LogP contribution < -0.4 is 0 Å². The third-order valence-electron chi connectivity index (χ3n) is 7.72. The van der Waals surface area contributed by atoms with Crippen molar-refractivity contribution in [3.8, 4) is 11.1 Å². The fraction of sp³-hybridized carbons (Fsp3) is 0.306. The van der Waals surface area contributed by atoms with E-state index in [0.717, 1.165) is 13.0 Å². The predicted octanol–water partition coefficient (Wildman–Crippen LogP) is 7.57. The molecule has 0 atom stereocenters. The summed E-state index contributed by atoms with van der Waals surface area (Å²) in [5, 5.41) is 11.6. The number of halogens is 1. The van der Waals surface area contributed by atoms with Gasteiger partial charge in [-0.15, -0.1) is 12.4 Å². The molecule has 0 saturated carbocycles. The van der Waals surface area contributed by atoms with Gasteiger partial charge in [0.2, 0.25) is 0 Å². The molecule has 1 heterocycles. The molecule has 0 radical (unpaired) electrons. The molecular weight excluding hydrogens is 606 g/mol. The highest BCUT2D eigenvalue weighted by Crippen LogP contribution is 2.35. The molecule has 10 heteroatoms. The second-order valence-corrected chi connectivity index (χ2v) is 11.8. The van der Waals surface area contributed by atoms with Gasteiger partial charge in [0.25, 0.3) is 5.69 Å². The molecule has 9 nitrogen and oxygen atoms in total. The fourth-order valence-corrected chi connectivity index (χ4v) is 5.82. The zero-order valence-electron chi connectivity index (χ0n) is 27.0.